The third kappa shape index (κ3) is 330. The molecular formula is C6H18Re. The van der Waals surface area contributed by atoms with Crippen LogP contribution in [0.3, 0.4) is 0 Å². The van der Waals surface area contributed by atoms with Crippen molar-refractivity contribution >= 4 is 0 Å². The Bertz CT molecular complexity index is 62.7. The van der Waals surface area contributed by atoms with E-state index in [0.717, 1.165) is 0 Å². The molecule has 0 aromatic heterocycles. The Morgan fingerprint density at radius 3 is 0.571 bits per heavy atom. The molecule has 0 saturated carbocycles. The van der Waals surface area contributed by atoms with Crippen molar-refractivity contribution in [3.8, 4) is 0 Å². The van der Waals surface area contributed by atoms with Crippen molar-refractivity contribution in [2.45, 2.75) is 32.4 Å². The Hall–Kier alpha value is 0.662. The Morgan fingerprint density at radius 1 is 0.571 bits per heavy atom. The number of rotatable bonds is 0. The number of hydrogen-bond donors (Lipinski definition) is 0. The quantitative estimate of drug-likeness (QED) is 0.635. The minimum absolute atomic E-state index is 2.26. The van der Waals surface area contributed by atoms with E-state index in [0.29, 0.717) is 0 Å². The molecular weight excluding hydrogens is 258 g/mol. The molecule has 0 radical (unpaired) electrons. The van der Waals surface area contributed by atoms with Crippen molar-refractivity contribution in [3.63, 3.8) is 0 Å². The summed E-state index contributed by atoms with van der Waals surface area (Å²) in [5, 5.41) is 14.6. The van der Waals surface area contributed by atoms with Gasteiger partial charge in [-0.15, -0.1) is 0 Å². The van der Waals surface area contributed by atoms with Crippen molar-refractivity contribution in [1.82, 2.24) is 0 Å². The molecule has 0 saturated heterocycles. The second-order valence-corrected chi connectivity index (χ2v) is 46.4. The second kappa shape index (κ2) is 0.871. The molecule has 0 rings (SSSR count). The van der Waals surface area contributed by atoms with Gasteiger partial charge in [0.05, 0.1) is 0 Å². The SMILES string of the molecule is [CH3][Re]([CH3])([CH3])([CH3])([CH3])[CH3]. The van der Waals surface area contributed by atoms with Crippen LogP contribution in [0.4, 0.5) is 0 Å². The van der Waals surface area contributed by atoms with Gasteiger partial charge in [-0.1, -0.05) is 0 Å². The number of hydrogen-bond acceptors (Lipinski definition) is 0. The predicted molar refractivity (Wildman–Crippen MR) is 35.2 cm³/mol. The molecule has 0 unspecified atom stereocenters. The van der Waals surface area contributed by atoms with Crippen LogP contribution in [0.25, 0.3) is 0 Å². The third-order valence-corrected chi connectivity index (χ3v) is 0. The fraction of sp³-hybridized carbons (Fsp3) is 1.00. The molecule has 0 nitrogen and oxygen atoms in total. The van der Waals surface area contributed by atoms with Crippen LogP contribution in [0.15, 0.2) is 0 Å². The van der Waals surface area contributed by atoms with Gasteiger partial charge >= 0.3 is 45.5 Å². The Balaban J connectivity index is 4.43. The molecule has 0 spiro atoms. The van der Waals surface area contributed by atoms with E-state index in [-0.39, 0.29) is 0 Å². The molecule has 0 atom stereocenters. The Kier molecular flexibility index (Phi) is 0.953. The van der Waals surface area contributed by atoms with Crippen LogP contribution >= 0.6 is 0 Å². The first kappa shape index (κ1) is 7.66. The summed E-state index contributed by atoms with van der Waals surface area (Å²) in [7, 11) is 0. The summed E-state index contributed by atoms with van der Waals surface area (Å²) >= 11 is -2.26. The van der Waals surface area contributed by atoms with E-state index < -0.39 is 13.1 Å². The Labute approximate surface area is 45.9 Å². The van der Waals surface area contributed by atoms with Gasteiger partial charge in [0.2, 0.25) is 0 Å². The van der Waals surface area contributed by atoms with Gasteiger partial charge in [-0.25, -0.2) is 0 Å². The van der Waals surface area contributed by atoms with E-state index in [1.54, 1.807) is 0 Å². The average molecular weight is 276 g/mol. The maximum atomic E-state index is 2.43. The van der Waals surface area contributed by atoms with E-state index in [1.165, 1.54) is 0 Å². The van der Waals surface area contributed by atoms with Crippen LogP contribution in [-0.2, 0) is 13.1 Å². The topological polar surface area (TPSA) is 0 Å². The van der Waals surface area contributed by atoms with Gasteiger partial charge in [-0.05, 0) is 0 Å². The Morgan fingerprint density at radius 2 is 0.571 bits per heavy atom. The molecule has 0 aromatic rings. The summed E-state index contributed by atoms with van der Waals surface area (Å²) in [6.07, 6.45) is 0. The molecule has 0 N–H and O–H groups in total. The van der Waals surface area contributed by atoms with Crippen LogP contribution in [-0.4, -0.2) is 0 Å². The van der Waals surface area contributed by atoms with E-state index in [2.05, 4.69) is 32.4 Å². The van der Waals surface area contributed by atoms with E-state index in [9.17, 15) is 0 Å². The van der Waals surface area contributed by atoms with Crippen molar-refractivity contribution in [2.24, 2.45) is 0 Å². The van der Waals surface area contributed by atoms with Crippen molar-refractivity contribution < 1.29 is 13.1 Å². The molecule has 0 bridgehead atoms. The van der Waals surface area contributed by atoms with Crippen LogP contribution in [0.1, 0.15) is 0 Å². The van der Waals surface area contributed by atoms with Crippen molar-refractivity contribution in [3.05, 3.63) is 0 Å². The predicted octanol–water partition coefficient (Wildman–Crippen LogP) is 3.50. The van der Waals surface area contributed by atoms with Gasteiger partial charge in [0.25, 0.3) is 0 Å². The summed E-state index contributed by atoms with van der Waals surface area (Å²) in [5.74, 6) is 0. The van der Waals surface area contributed by atoms with Crippen molar-refractivity contribution in [1.29, 1.82) is 0 Å². The van der Waals surface area contributed by atoms with Gasteiger partial charge in [0.15, 0.2) is 0 Å². The van der Waals surface area contributed by atoms with E-state index in [4.69, 9.17) is 0 Å². The van der Waals surface area contributed by atoms with E-state index >= 15 is 0 Å². The molecule has 1 heteroatoms. The molecule has 7 heavy (non-hydrogen) atoms. The third-order valence-electron chi connectivity index (χ3n) is 0. The summed E-state index contributed by atoms with van der Waals surface area (Å²) in [4.78, 5) is 0. The van der Waals surface area contributed by atoms with Crippen LogP contribution in [0.5, 0.6) is 0 Å². The van der Waals surface area contributed by atoms with Crippen LogP contribution in [0, 0.1) is 0 Å². The van der Waals surface area contributed by atoms with Crippen molar-refractivity contribution in [2.75, 3.05) is 0 Å². The zero-order valence-corrected chi connectivity index (χ0v) is 9.09. The standard InChI is InChI=1S/6CH3.Re/h6*1H3;. The summed E-state index contributed by atoms with van der Waals surface area (Å²) in [6, 6.07) is 0. The molecule has 0 fully saturated rings. The first-order valence-corrected chi connectivity index (χ1v) is 18.6. The fourth-order valence-electron chi connectivity index (χ4n) is 0. The average Bonchev–Trinajstić information content (AvgIpc) is 0.592. The van der Waals surface area contributed by atoms with Crippen LogP contribution in [0.2, 0.25) is 32.4 Å². The zero-order chi connectivity index (χ0) is 6.41. The molecule has 0 heterocycles. The van der Waals surface area contributed by atoms with Gasteiger partial charge in [0.1, 0.15) is 0 Å². The van der Waals surface area contributed by atoms with Crippen LogP contribution < -0.4 is 0 Å². The maximum absolute atomic E-state index is 2.43. The van der Waals surface area contributed by atoms with Gasteiger partial charge in [-0.2, -0.15) is 0 Å². The monoisotopic (exact) mass is 277 g/mol. The normalized spacial score (nSPS) is 23.1. The minimum atomic E-state index is -2.26. The molecule has 49 valence electrons. The molecule has 0 aliphatic carbocycles. The fourth-order valence-corrected chi connectivity index (χ4v) is 0. The first-order chi connectivity index (χ1) is 2.45. The molecule has 0 aromatic carbocycles. The van der Waals surface area contributed by atoms with Gasteiger partial charge < -0.3 is 0 Å². The summed E-state index contributed by atoms with van der Waals surface area (Å²) in [5.41, 5.74) is 0. The molecule has 0 aliphatic rings. The van der Waals surface area contributed by atoms with Gasteiger partial charge in [0, 0.05) is 0 Å². The summed E-state index contributed by atoms with van der Waals surface area (Å²) < 4.78 is 0. The summed E-state index contributed by atoms with van der Waals surface area (Å²) in [6.45, 7) is 0. The zero-order valence-electron chi connectivity index (χ0n) is 6.38. The van der Waals surface area contributed by atoms with Gasteiger partial charge in [-0.3, -0.25) is 0 Å². The molecule has 0 aliphatic heterocycles. The second-order valence-electron chi connectivity index (χ2n) is 5.67. The van der Waals surface area contributed by atoms with E-state index in [1.807, 2.05) is 0 Å². The molecule has 0 amide bonds. The first-order valence-electron chi connectivity index (χ1n) is 2.27.